The highest BCUT2D eigenvalue weighted by molar-refractivity contribution is 7.91. The summed E-state index contributed by atoms with van der Waals surface area (Å²) in [6.07, 6.45) is -3.52. The van der Waals surface area contributed by atoms with Gasteiger partial charge in [0.25, 0.3) is 10.0 Å². The minimum Gasteiger partial charge on any atom is -0.374 e. The van der Waals surface area contributed by atoms with Crippen molar-refractivity contribution in [2.45, 2.75) is 22.4 Å². The van der Waals surface area contributed by atoms with E-state index < -0.39 is 53.0 Å². The molecule has 0 aliphatic rings. The molecule has 0 saturated heterocycles. The molecular weight excluding hydrogens is 421 g/mol. The summed E-state index contributed by atoms with van der Waals surface area (Å²) in [6.45, 7) is -1.11. The molecule has 0 aromatic carbocycles. The molecule has 0 radical (unpaired) electrons. The molecule has 2 aromatic rings. The lowest BCUT2D eigenvalue weighted by Gasteiger charge is -2.30. The zero-order chi connectivity index (χ0) is 21.2. The first kappa shape index (κ1) is 22.3. The van der Waals surface area contributed by atoms with Crippen LogP contribution in [0.5, 0.6) is 0 Å². The average Bonchev–Trinajstić information content (AvgIpc) is 3.25. The van der Waals surface area contributed by atoms with Crippen molar-refractivity contribution in [3.8, 4) is 0 Å². The summed E-state index contributed by atoms with van der Waals surface area (Å²) in [6, 6.07) is 2.92. The van der Waals surface area contributed by atoms with Crippen LogP contribution in [0.25, 0.3) is 0 Å². The molecule has 2 heterocycles. The third-order valence-corrected chi connectivity index (χ3v) is 7.17. The number of rotatable bonds is 8. The maximum atomic E-state index is 13.4. The second-order valence-corrected chi connectivity index (χ2v) is 9.23. The van der Waals surface area contributed by atoms with Gasteiger partial charge in [-0.3, -0.25) is 4.79 Å². The molecule has 1 atom stereocenters. The average molecular weight is 440 g/mol. The van der Waals surface area contributed by atoms with Crippen LogP contribution in [0.4, 0.5) is 13.2 Å². The van der Waals surface area contributed by atoms with Crippen molar-refractivity contribution in [2.24, 2.45) is 7.05 Å². The van der Waals surface area contributed by atoms with E-state index in [4.69, 9.17) is 0 Å². The quantitative estimate of drug-likeness (QED) is 0.639. The Hall–Kier alpha value is -1.96. The van der Waals surface area contributed by atoms with E-state index in [1.54, 1.807) is 11.4 Å². The Kier molecular flexibility index (Phi) is 6.53. The van der Waals surface area contributed by atoms with E-state index in [9.17, 15) is 31.5 Å². The zero-order valence-electron chi connectivity index (χ0n) is 15.0. The number of sulfonamides is 1. The smallest absolute Gasteiger partial charge is 0.374 e. The van der Waals surface area contributed by atoms with Gasteiger partial charge in [-0.05, 0) is 11.4 Å². The lowest BCUT2D eigenvalue weighted by molar-refractivity contribution is -0.272. The predicted octanol–water partition coefficient (Wildman–Crippen LogP) is 1.06. The predicted molar refractivity (Wildman–Crippen MR) is 94.9 cm³/mol. The first-order valence-corrected chi connectivity index (χ1v) is 10.2. The van der Waals surface area contributed by atoms with E-state index in [0.717, 1.165) is 26.4 Å². The maximum absolute atomic E-state index is 13.4. The third-order valence-electron chi connectivity index (χ3n) is 3.99. The molecular formula is C15H19F3N4O4S2. The van der Waals surface area contributed by atoms with Gasteiger partial charge in [0, 0.05) is 39.5 Å². The molecule has 0 saturated carbocycles. The molecule has 13 heteroatoms. The first-order valence-electron chi connectivity index (χ1n) is 7.93. The zero-order valence-corrected chi connectivity index (χ0v) is 16.6. The standard InChI is InChI=1S/C15H19F3N4O4S2/c1-21-8-7-20-13(21)14(24,15(16,17)18)5-6-19-11(23)10-22(2)28(25,26)12-4-3-9-27-12/h3-4,7-9,24H,5-6,10H2,1-2H3,(H,19,23). The van der Waals surface area contributed by atoms with Crippen LogP contribution in [0.3, 0.4) is 0 Å². The van der Waals surface area contributed by atoms with Crippen molar-refractivity contribution in [2.75, 3.05) is 20.1 Å². The number of alkyl halides is 3. The number of amides is 1. The molecule has 0 aliphatic heterocycles. The van der Waals surface area contributed by atoms with Gasteiger partial charge in [-0.2, -0.15) is 17.5 Å². The summed E-state index contributed by atoms with van der Waals surface area (Å²) >= 11 is 0.980. The molecule has 0 fully saturated rings. The second-order valence-electron chi connectivity index (χ2n) is 6.01. The van der Waals surface area contributed by atoms with Crippen LogP contribution in [0.1, 0.15) is 12.2 Å². The number of aryl methyl sites for hydroxylation is 1. The summed E-state index contributed by atoms with van der Waals surface area (Å²) in [5, 5.41) is 13.9. The van der Waals surface area contributed by atoms with Crippen molar-refractivity contribution in [1.82, 2.24) is 19.2 Å². The van der Waals surface area contributed by atoms with Crippen LogP contribution >= 0.6 is 11.3 Å². The summed E-state index contributed by atoms with van der Waals surface area (Å²) in [5.74, 6) is -1.40. The molecule has 156 valence electrons. The number of nitrogens with one attached hydrogen (secondary N) is 1. The van der Waals surface area contributed by atoms with Gasteiger partial charge in [0.2, 0.25) is 11.5 Å². The van der Waals surface area contributed by atoms with Crippen molar-refractivity contribution < 1.29 is 31.5 Å². The van der Waals surface area contributed by atoms with Gasteiger partial charge in [-0.15, -0.1) is 11.3 Å². The largest absolute Gasteiger partial charge is 0.424 e. The number of aromatic nitrogens is 2. The van der Waals surface area contributed by atoms with Gasteiger partial charge >= 0.3 is 6.18 Å². The van der Waals surface area contributed by atoms with Gasteiger partial charge in [0.1, 0.15) is 10.0 Å². The lowest BCUT2D eigenvalue weighted by atomic mass is 9.97. The van der Waals surface area contributed by atoms with Crippen molar-refractivity contribution in [3.05, 3.63) is 35.7 Å². The number of carbonyl (C=O) groups is 1. The Balaban J connectivity index is 1.99. The Morgan fingerprint density at radius 1 is 1.43 bits per heavy atom. The topological polar surface area (TPSA) is 105 Å². The number of aliphatic hydroxyl groups is 1. The molecule has 2 rings (SSSR count). The fourth-order valence-electron chi connectivity index (χ4n) is 2.43. The Labute approximate surface area is 163 Å². The Morgan fingerprint density at radius 3 is 2.61 bits per heavy atom. The molecule has 0 aliphatic carbocycles. The number of hydrogen-bond donors (Lipinski definition) is 2. The molecule has 8 nitrogen and oxygen atoms in total. The number of carbonyl (C=O) groups excluding carboxylic acids is 1. The van der Waals surface area contributed by atoms with Crippen LogP contribution < -0.4 is 5.32 Å². The van der Waals surface area contributed by atoms with E-state index in [-0.39, 0.29) is 4.21 Å². The summed E-state index contributed by atoms with van der Waals surface area (Å²) in [5.41, 5.74) is -3.26. The molecule has 1 amide bonds. The number of nitrogens with zero attached hydrogens (tertiary/aromatic N) is 3. The van der Waals surface area contributed by atoms with E-state index in [0.29, 0.717) is 0 Å². The van der Waals surface area contributed by atoms with E-state index in [2.05, 4.69) is 10.3 Å². The fourth-order valence-corrected chi connectivity index (χ4v) is 4.76. The van der Waals surface area contributed by atoms with E-state index >= 15 is 0 Å². The Morgan fingerprint density at radius 2 is 2.11 bits per heavy atom. The van der Waals surface area contributed by atoms with Crippen molar-refractivity contribution in [1.29, 1.82) is 0 Å². The first-order chi connectivity index (χ1) is 12.9. The summed E-state index contributed by atoms with van der Waals surface area (Å²) < 4.78 is 66.5. The third kappa shape index (κ3) is 4.54. The van der Waals surface area contributed by atoms with Gasteiger partial charge < -0.3 is 15.0 Å². The Bertz CT molecular complexity index is 912. The number of thiophene rings is 1. The van der Waals surface area contributed by atoms with Gasteiger partial charge in [-0.25, -0.2) is 13.4 Å². The molecule has 1 unspecified atom stereocenters. The molecule has 0 spiro atoms. The molecule has 2 N–H and O–H groups in total. The van der Waals surface area contributed by atoms with Gasteiger partial charge in [-0.1, -0.05) is 6.07 Å². The minimum absolute atomic E-state index is 0.0454. The van der Waals surface area contributed by atoms with E-state index in [1.807, 2.05) is 0 Å². The molecule has 28 heavy (non-hydrogen) atoms. The fraction of sp³-hybridized carbons (Fsp3) is 0.467. The highest BCUT2D eigenvalue weighted by atomic mass is 32.2. The van der Waals surface area contributed by atoms with Crippen molar-refractivity contribution >= 4 is 27.3 Å². The second kappa shape index (κ2) is 8.19. The number of imidazole rings is 1. The van der Waals surface area contributed by atoms with Crippen LogP contribution in [0.15, 0.2) is 34.1 Å². The minimum atomic E-state index is -5.02. The summed E-state index contributed by atoms with van der Waals surface area (Å²) in [4.78, 5) is 15.5. The highest BCUT2D eigenvalue weighted by Gasteiger charge is 2.57. The van der Waals surface area contributed by atoms with Gasteiger partial charge in [0.05, 0.1) is 6.54 Å². The molecule has 0 bridgehead atoms. The SMILES string of the molecule is CN(CC(=O)NCCC(O)(c1nccn1C)C(F)(F)F)S(=O)(=O)c1cccs1. The maximum Gasteiger partial charge on any atom is 0.424 e. The van der Waals surface area contributed by atoms with Gasteiger partial charge in [0.15, 0.2) is 0 Å². The lowest BCUT2D eigenvalue weighted by Crippen LogP contribution is -2.47. The van der Waals surface area contributed by atoms with Crippen molar-refractivity contribution in [3.63, 3.8) is 0 Å². The normalized spacial score (nSPS) is 14.8. The number of likely N-dealkylation sites (N-methyl/N-ethyl adjacent to an activating group) is 1. The molecule has 2 aromatic heterocycles. The van der Waals surface area contributed by atoms with Crippen LogP contribution in [0, 0.1) is 0 Å². The van der Waals surface area contributed by atoms with E-state index in [1.165, 1.54) is 26.4 Å². The van der Waals surface area contributed by atoms with Crippen LogP contribution in [-0.4, -0.2) is 59.6 Å². The summed E-state index contributed by atoms with van der Waals surface area (Å²) in [7, 11) is -1.36. The number of halogens is 3. The number of hydrogen-bond acceptors (Lipinski definition) is 6. The van der Waals surface area contributed by atoms with Crippen LogP contribution in [-0.2, 0) is 27.5 Å². The highest BCUT2D eigenvalue weighted by Crippen LogP contribution is 2.40. The van der Waals surface area contributed by atoms with Crippen LogP contribution in [0.2, 0.25) is 0 Å². The monoisotopic (exact) mass is 440 g/mol.